The SMILES string of the molecule is CNC(c1cc(F)ccc1C)C(OC)C1CCCCC1. The molecule has 0 heterocycles. The predicted molar refractivity (Wildman–Crippen MR) is 80.3 cm³/mol. The van der Waals surface area contributed by atoms with Gasteiger partial charge in [-0.15, -0.1) is 0 Å². The summed E-state index contributed by atoms with van der Waals surface area (Å²) < 4.78 is 19.4. The Balaban J connectivity index is 2.26. The molecule has 0 bridgehead atoms. The molecule has 1 saturated carbocycles. The number of likely N-dealkylation sites (N-methyl/N-ethyl adjacent to an activating group) is 1. The van der Waals surface area contributed by atoms with Gasteiger partial charge in [0.2, 0.25) is 0 Å². The van der Waals surface area contributed by atoms with Gasteiger partial charge in [-0.2, -0.15) is 0 Å². The van der Waals surface area contributed by atoms with Crippen LogP contribution in [-0.4, -0.2) is 20.3 Å². The number of benzene rings is 1. The number of hydrogen-bond acceptors (Lipinski definition) is 2. The van der Waals surface area contributed by atoms with Gasteiger partial charge in [-0.25, -0.2) is 4.39 Å². The Kier molecular flexibility index (Phi) is 5.55. The number of nitrogens with one attached hydrogen (secondary N) is 1. The summed E-state index contributed by atoms with van der Waals surface area (Å²) in [7, 11) is 3.71. The van der Waals surface area contributed by atoms with E-state index in [1.165, 1.54) is 38.2 Å². The summed E-state index contributed by atoms with van der Waals surface area (Å²) >= 11 is 0. The maximum Gasteiger partial charge on any atom is 0.123 e. The lowest BCUT2D eigenvalue weighted by Crippen LogP contribution is -2.38. The van der Waals surface area contributed by atoms with E-state index in [1.54, 1.807) is 13.2 Å². The maximum absolute atomic E-state index is 13.6. The van der Waals surface area contributed by atoms with E-state index >= 15 is 0 Å². The first-order valence-electron chi connectivity index (χ1n) is 7.63. The molecule has 2 nitrogen and oxygen atoms in total. The molecule has 0 aliphatic heterocycles. The van der Waals surface area contributed by atoms with Crippen LogP contribution in [-0.2, 0) is 4.74 Å². The first-order chi connectivity index (χ1) is 9.67. The highest BCUT2D eigenvalue weighted by atomic mass is 19.1. The van der Waals surface area contributed by atoms with E-state index < -0.39 is 0 Å². The third-order valence-corrected chi connectivity index (χ3v) is 4.60. The average Bonchev–Trinajstić information content (AvgIpc) is 2.48. The third kappa shape index (κ3) is 3.39. The quantitative estimate of drug-likeness (QED) is 0.880. The molecule has 0 saturated heterocycles. The molecule has 0 radical (unpaired) electrons. The van der Waals surface area contributed by atoms with Crippen LogP contribution < -0.4 is 5.32 Å². The van der Waals surface area contributed by atoms with Crippen molar-refractivity contribution in [2.24, 2.45) is 5.92 Å². The molecule has 1 aliphatic carbocycles. The van der Waals surface area contributed by atoms with Crippen LogP contribution in [0.2, 0.25) is 0 Å². The fraction of sp³-hybridized carbons (Fsp3) is 0.647. The van der Waals surface area contributed by atoms with Crippen molar-refractivity contribution in [1.29, 1.82) is 0 Å². The lowest BCUT2D eigenvalue weighted by molar-refractivity contribution is 0.00920. The Hall–Kier alpha value is -0.930. The third-order valence-electron chi connectivity index (χ3n) is 4.60. The van der Waals surface area contributed by atoms with Crippen LogP contribution in [0, 0.1) is 18.7 Å². The normalized spacial score (nSPS) is 19.8. The van der Waals surface area contributed by atoms with Crippen molar-refractivity contribution in [3.05, 3.63) is 35.1 Å². The van der Waals surface area contributed by atoms with Crippen LogP contribution in [0.4, 0.5) is 4.39 Å². The minimum atomic E-state index is -0.177. The van der Waals surface area contributed by atoms with Crippen LogP contribution in [0.25, 0.3) is 0 Å². The second-order valence-electron chi connectivity index (χ2n) is 5.87. The lowest BCUT2D eigenvalue weighted by atomic mass is 9.80. The largest absolute Gasteiger partial charge is 0.379 e. The molecule has 0 amide bonds. The van der Waals surface area contributed by atoms with Crippen molar-refractivity contribution in [1.82, 2.24) is 5.32 Å². The van der Waals surface area contributed by atoms with Gasteiger partial charge in [-0.05, 0) is 56.0 Å². The fourth-order valence-corrected chi connectivity index (χ4v) is 3.51. The van der Waals surface area contributed by atoms with Crippen molar-refractivity contribution < 1.29 is 9.13 Å². The number of ether oxygens (including phenoxy) is 1. The zero-order valence-electron chi connectivity index (χ0n) is 12.8. The standard InChI is InChI=1S/C17H26FNO/c1-12-9-10-14(18)11-15(12)16(19-2)17(20-3)13-7-5-4-6-8-13/h9-11,13,16-17,19H,4-8H2,1-3H3. The van der Waals surface area contributed by atoms with E-state index in [1.807, 2.05) is 20.0 Å². The Morgan fingerprint density at radius 3 is 2.55 bits per heavy atom. The second-order valence-corrected chi connectivity index (χ2v) is 5.87. The van der Waals surface area contributed by atoms with Gasteiger partial charge in [-0.1, -0.05) is 25.3 Å². The van der Waals surface area contributed by atoms with Crippen molar-refractivity contribution in [3.8, 4) is 0 Å². The Labute approximate surface area is 121 Å². The second kappa shape index (κ2) is 7.19. The number of hydrogen-bond donors (Lipinski definition) is 1. The summed E-state index contributed by atoms with van der Waals surface area (Å²) in [5.41, 5.74) is 2.13. The van der Waals surface area contributed by atoms with Crippen LogP contribution in [0.15, 0.2) is 18.2 Å². The van der Waals surface area contributed by atoms with Crippen molar-refractivity contribution >= 4 is 0 Å². The highest BCUT2D eigenvalue weighted by Crippen LogP contribution is 2.35. The smallest absolute Gasteiger partial charge is 0.123 e. The van der Waals surface area contributed by atoms with E-state index in [4.69, 9.17) is 4.74 Å². The minimum absolute atomic E-state index is 0.0544. The topological polar surface area (TPSA) is 21.3 Å². The molecule has 0 aromatic heterocycles. The molecule has 1 aromatic carbocycles. The van der Waals surface area contributed by atoms with Gasteiger partial charge in [0.15, 0.2) is 0 Å². The molecule has 1 fully saturated rings. The molecule has 1 aliphatic rings. The van der Waals surface area contributed by atoms with Crippen molar-refractivity contribution in [2.45, 2.75) is 51.2 Å². The van der Waals surface area contributed by atoms with Crippen LogP contribution in [0.3, 0.4) is 0 Å². The van der Waals surface area contributed by atoms with Gasteiger partial charge >= 0.3 is 0 Å². The van der Waals surface area contributed by atoms with Gasteiger partial charge in [0, 0.05) is 7.11 Å². The van der Waals surface area contributed by atoms with E-state index in [0.717, 1.165) is 11.1 Å². The monoisotopic (exact) mass is 279 g/mol. The van der Waals surface area contributed by atoms with Crippen LogP contribution in [0.1, 0.15) is 49.3 Å². The minimum Gasteiger partial charge on any atom is -0.379 e. The summed E-state index contributed by atoms with van der Waals surface area (Å²) in [4.78, 5) is 0. The summed E-state index contributed by atoms with van der Waals surface area (Å²) in [6.07, 6.45) is 6.43. The van der Waals surface area contributed by atoms with Crippen LogP contribution >= 0.6 is 0 Å². The first-order valence-corrected chi connectivity index (χ1v) is 7.63. The number of halogens is 1. The summed E-state index contributed by atoms with van der Waals surface area (Å²) in [5.74, 6) is 0.387. The molecule has 2 rings (SSSR count). The molecule has 3 heteroatoms. The molecular formula is C17H26FNO. The first kappa shape index (κ1) is 15.5. The molecule has 0 spiro atoms. The van der Waals surface area contributed by atoms with E-state index in [0.29, 0.717) is 5.92 Å². The van der Waals surface area contributed by atoms with Gasteiger partial charge in [-0.3, -0.25) is 0 Å². The number of aryl methyl sites for hydroxylation is 1. The van der Waals surface area contributed by atoms with Gasteiger partial charge in [0.1, 0.15) is 5.82 Å². The Bertz CT molecular complexity index is 429. The predicted octanol–water partition coefficient (Wildman–Crippen LogP) is 3.99. The van der Waals surface area contributed by atoms with Crippen molar-refractivity contribution in [2.75, 3.05) is 14.2 Å². The molecule has 1 N–H and O–H groups in total. The summed E-state index contributed by atoms with van der Waals surface area (Å²) in [6.45, 7) is 2.03. The van der Waals surface area contributed by atoms with E-state index in [2.05, 4.69) is 5.32 Å². The molecule has 112 valence electrons. The van der Waals surface area contributed by atoms with Crippen molar-refractivity contribution in [3.63, 3.8) is 0 Å². The summed E-state index contributed by atoms with van der Waals surface area (Å²) in [6, 6.07) is 5.07. The van der Waals surface area contributed by atoms with E-state index in [9.17, 15) is 4.39 Å². The molecule has 20 heavy (non-hydrogen) atoms. The number of rotatable bonds is 5. The Morgan fingerprint density at radius 2 is 1.95 bits per heavy atom. The molecular weight excluding hydrogens is 253 g/mol. The Morgan fingerprint density at radius 1 is 1.25 bits per heavy atom. The van der Waals surface area contributed by atoms with Gasteiger partial charge < -0.3 is 10.1 Å². The highest BCUT2D eigenvalue weighted by Gasteiger charge is 2.31. The number of methoxy groups -OCH3 is 1. The molecule has 2 unspecified atom stereocenters. The van der Waals surface area contributed by atoms with Gasteiger partial charge in [0.05, 0.1) is 12.1 Å². The molecule has 1 aromatic rings. The molecule has 2 atom stereocenters. The highest BCUT2D eigenvalue weighted by molar-refractivity contribution is 5.30. The fourth-order valence-electron chi connectivity index (χ4n) is 3.51. The maximum atomic E-state index is 13.6. The van der Waals surface area contributed by atoms with Crippen LogP contribution in [0.5, 0.6) is 0 Å². The van der Waals surface area contributed by atoms with Gasteiger partial charge in [0.25, 0.3) is 0 Å². The zero-order chi connectivity index (χ0) is 14.5. The average molecular weight is 279 g/mol. The van der Waals surface area contributed by atoms with E-state index in [-0.39, 0.29) is 18.0 Å². The lowest BCUT2D eigenvalue weighted by Gasteiger charge is -2.35. The zero-order valence-corrected chi connectivity index (χ0v) is 12.8. The summed E-state index contributed by atoms with van der Waals surface area (Å²) in [5, 5.41) is 3.34.